The first-order valence-corrected chi connectivity index (χ1v) is 7.45. The number of imidazole rings is 1. The molecule has 19 heavy (non-hydrogen) atoms. The van der Waals surface area contributed by atoms with Crippen molar-refractivity contribution in [2.24, 2.45) is 0 Å². The van der Waals surface area contributed by atoms with Crippen molar-refractivity contribution in [3.8, 4) is 0 Å². The zero-order valence-corrected chi connectivity index (χ0v) is 11.0. The Morgan fingerprint density at radius 1 is 1.63 bits per heavy atom. The summed E-state index contributed by atoms with van der Waals surface area (Å²) in [6.07, 6.45) is 4.55. The lowest BCUT2D eigenvalue weighted by Gasteiger charge is -2.40. The van der Waals surface area contributed by atoms with Gasteiger partial charge in [-0.1, -0.05) is 6.08 Å². The number of aromatic amines is 1. The normalized spacial score (nSPS) is 17.7. The largest absolute Gasteiger partial charge is 0.477 e. The molecule has 0 amide bonds. The van der Waals surface area contributed by atoms with Crippen LogP contribution >= 0.6 is 0 Å². The van der Waals surface area contributed by atoms with E-state index in [1.165, 1.54) is 12.3 Å². The third-order valence-corrected chi connectivity index (χ3v) is 4.53. The summed E-state index contributed by atoms with van der Waals surface area (Å²) in [6, 6.07) is 0. The first-order valence-electron chi connectivity index (χ1n) is 5.80. The minimum absolute atomic E-state index is 0.0517. The van der Waals surface area contributed by atoms with Crippen molar-refractivity contribution in [1.82, 2.24) is 14.7 Å². The number of aromatic nitrogens is 2. The maximum absolute atomic E-state index is 11.8. The van der Waals surface area contributed by atoms with E-state index in [9.17, 15) is 13.2 Å². The number of nitrogens with zero attached hydrogens (tertiary/aromatic N) is 1. The lowest BCUT2D eigenvalue weighted by Crippen LogP contribution is -2.51. The molecule has 7 nitrogen and oxygen atoms in total. The Balaban J connectivity index is 2.27. The number of nitrogens with one attached hydrogen (secondary N) is 2. The number of carboxylic acids is 1. The van der Waals surface area contributed by atoms with E-state index in [2.05, 4.69) is 21.3 Å². The summed E-state index contributed by atoms with van der Waals surface area (Å²) >= 11 is 0. The van der Waals surface area contributed by atoms with Gasteiger partial charge in [-0.25, -0.2) is 22.9 Å². The van der Waals surface area contributed by atoms with E-state index in [-0.39, 0.29) is 11.4 Å². The van der Waals surface area contributed by atoms with Crippen LogP contribution in [0.25, 0.3) is 0 Å². The molecule has 1 aliphatic carbocycles. The second-order valence-corrected chi connectivity index (χ2v) is 6.33. The van der Waals surface area contributed by atoms with E-state index in [0.717, 1.165) is 6.42 Å². The van der Waals surface area contributed by atoms with Gasteiger partial charge in [0.2, 0.25) is 10.0 Å². The van der Waals surface area contributed by atoms with E-state index < -0.39 is 21.5 Å². The Kier molecular flexibility index (Phi) is 3.46. The van der Waals surface area contributed by atoms with Gasteiger partial charge in [0.15, 0.2) is 0 Å². The molecule has 0 radical (unpaired) electrons. The van der Waals surface area contributed by atoms with E-state index >= 15 is 0 Å². The fourth-order valence-electron chi connectivity index (χ4n) is 2.09. The molecule has 0 bridgehead atoms. The van der Waals surface area contributed by atoms with Gasteiger partial charge in [-0.3, -0.25) is 0 Å². The van der Waals surface area contributed by atoms with Gasteiger partial charge in [-0.15, -0.1) is 6.58 Å². The van der Waals surface area contributed by atoms with E-state index in [1.807, 2.05) is 0 Å². The Hall–Kier alpha value is -1.67. The van der Waals surface area contributed by atoms with E-state index in [0.29, 0.717) is 18.7 Å². The Labute approximate surface area is 110 Å². The Bertz CT molecular complexity index is 601. The lowest BCUT2D eigenvalue weighted by atomic mass is 9.77. The molecule has 1 aromatic rings. The topological polar surface area (TPSA) is 112 Å². The van der Waals surface area contributed by atoms with Gasteiger partial charge in [0.1, 0.15) is 11.5 Å². The molecule has 0 spiro atoms. The highest BCUT2D eigenvalue weighted by Crippen LogP contribution is 2.40. The molecule has 0 atom stereocenters. The van der Waals surface area contributed by atoms with Crippen molar-refractivity contribution in [3.05, 3.63) is 30.4 Å². The van der Waals surface area contributed by atoms with Crippen LogP contribution in [0, 0.1) is 0 Å². The van der Waals surface area contributed by atoms with Crippen molar-refractivity contribution < 1.29 is 18.3 Å². The van der Waals surface area contributed by atoms with Gasteiger partial charge < -0.3 is 10.1 Å². The quantitative estimate of drug-likeness (QED) is 0.662. The minimum Gasteiger partial charge on any atom is -0.477 e. The molecule has 1 fully saturated rings. The number of aromatic carboxylic acids is 1. The maximum Gasteiger partial charge on any atom is 0.353 e. The molecule has 104 valence electrons. The molecule has 0 saturated heterocycles. The zero-order chi connectivity index (χ0) is 14.1. The molecule has 0 aliphatic heterocycles. The average Bonchev–Trinajstić information content (AvgIpc) is 2.73. The summed E-state index contributed by atoms with van der Waals surface area (Å²) in [5.74, 6) is -0.952. The predicted molar refractivity (Wildman–Crippen MR) is 68.2 cm³/mol. The maximum atomic E-state index is 11.8. The van der Waals surface area contributed by atoms with Gasteiger partial charge in [0, 0.05) is 0 Å². The predicted octanol–water partition coefficient (Wildman–Crippen LogP) is 0.592. The average molecular weight is 285 g/mol. The van der Waals surface area contributed by atoms with Crippen molar-refractivity contribution in [3.63, 3.8) is 0 Å². The second kappa shape index (κ2) is 4.78. The molecule has 0 aromatic carbocycles. The smallest absolute Gasteiger partial charge is 0.353 e. The van der Waals surface area contributed by atoms with Crippen LogP contribution in [0.4, 0.5) is 0 Å². The van der Waals surface area contributed by atoms with Gasteiger partial charge in [-0.05, 0) is 19.3 Å². The summed E-state index contributed by atoms with van der Waals surface area (Å²) in [5, 5.41) is 8.85. The molecule has 3 N–H and O–H groups in total. The highest BCUT2D eigenvalue weighted by Gasteiger charge is 2.44. The molecule has 1 saturated carbocycles. The number of carbonyl (C=O) groups is 1. The number of carboxylic acid groups (broad SMARTS) is 1. The standard InChI is InChI=1S/C11H15N3O4S/c1-2-6-19(17,18)14-11(4-3-5-11)10-12-7-8(13-10)9(15)16/h2,7,14H,1,3-6H2,(H,12,13)(H,15,16). The van der Waals surface area contributed by atoms with E-state index in [1.54, 1.807) is 0 Å². The molecule has 1 aromatic heterocycles. The van der Waals surface area contributed by atoms with Gasteiger partial charge in [0.25, 0.3) is 0 Å². The molecule has 2 rings (SSSR count). The molecular formula is C11H15N3O4S. The number of rotatable bonds is 6. The third-order valence-electron chi connectivity index (χ3n) is 3.15. The third kappa shape index (κ3) is 2.69. The summed E-state index contributed by atoms with van der Waals surface area (Å²) < 4.78 is 26.2. The molecule has 1 heterocycles. The molecular weight excluding hydrogens is 270 g/mol. The fourth-order valence-corrected chi connectivity index (χ4v) is 3.37. The highest BCUT2D eigenvalue weighted by molar-refractivity contribution is 7.89. The van der Waals surface area contributed by atoms with Gasteiger partial charge >= 0.3 is 5.97 Å². The summed E-state index contributed by atoms with van der Waals surface area (Å²) in [7, 11) is -3.48. The number of hydrogen-bond donors (Lipinski definition) is 3. The molecule has 1 aliphatic rings. The van der Waals surface area contributed by atoms with Crippen molar-refractivity contribution in [1.29, 1.82) is 0 Å². The molecule has 0 unspecified atom stereocenters. The SMILES string of the molecule is C=CCS(=O)(=O)NC1(c2ncc(C(=O)O)[nH]2)CCC1. The van der Waals surface area contributed by atoms with E-state index in [4.69, 9.17) is 5.11 Å². The van der Waals surface area contributed by atoms with Crippen LogP contribution in [0.5, 0.6) is 0 Å². The number of H-pyrrole nitrogens is 1. The van der Waals surface area contributed by atoms with Crippen LogP contribution in [-0.4, -0.2) is 35.2 Å². The first kappa shape index (κ1) is 13.8. The van der Waals surface area contributed by atoms with Crippen LogP contribution in [0.1, 0.15) is 35.6 Å². The summed E-state index contributed by atoms with van der Waals surface area (Å²) in [4.78, 5) is 17.5. The summed E-state index contributed by atoms with van der Waals surface area (Å²) in [5.41, 5.74) is -0.862. The fraction of sp³-hybridized carbons (Fsp3) is 0.455. The monoisotopic (exact) mass is 285 g/mol. The van der Waals surface area contributed by atoms with Crippen molar-refractivity contribution in [2.75, 3.05) is 5.75 Å². The van der Waals surface area contributed by atoms with Crippen molar-refractivity contribution in [2.45, 2.75) is 24.8 Å². The van der Waals surface area contributed by atoms with Crippen LogP contribution in [-0.2, 0) is 15.6 Å². The first-order chi connectivity index (χ1) is 8.88. The van der Waals surface area contributed by atoms with Gasteiger partial charge in [-0.2, -0.15) is 0 Å². The second-order valence-electron chi connectivity index (χ2n) is 4.56. The van der Waals surface area contributed by atoms with Gasteiger partial charge in [0.05, 0.1) is 17.5 Å². The number of hydrogen-bond acceptors (Lipinski definition) is 4. The number of sulfonamides is 1. The lowest BCUT2D eigenvalue weighted by molar-refractivity contribution is 0.0690. The van der Waals surface area contributed by atoms with Crippen LogP contribution in [0.3, 0.4) is 0 Å². The Morgan fingerprint density at radius 3 is 2.74 bits per heavy atom. The minimum atomic E-state index is -3.48. The Morgan fingerprint density at radius 2 is 2.32 bits per heavy atom. The highest BCUT2D eigenvalue weighted by atomic mass is 32.2. The molecule has 8 heteroatoms. The van der Waals surface area contributed by atoms with Crippen LogP contribution < -0.4 is 4.72 Å². The van der Waals surface area contributed by atoms with Crippen molar-refractivity contribution >= 4 is 16.0 Å². The summed E-state index contributed by atoms with van der Waals surface area (Å²) in [6.45, 7) is 3.40. The zero-order valence-electron chi connectivity index (χ0n) is 10.2. The van der Waals surface area contributed by atoms with Crippen LogP contribution in [0.15, 0.2) is 18.9 Å². The van der Waals surface area contributed by atoms with Crippen LogP contribution in [0.2, 0.25) is 0 Å².